The zero-order chi connectivity index (χ0) is 15.4. The Kier molecular flexibility index (Phi) is 10.4. The van der Waals surface area contributed by atoms with E-state index in [4.69, 9.17) is 0 Å². The van der Waals surface area contributed by atoms with E-state index in [2.05, 4.69) is 13.0 Å². The number of aliphatic carboxylic acids is 1. The van der Waals surface area contributed by atoms with Crippen LogP contribution in [0.1, 0.15) is 52.9 Å². The molecule has 118 valence electrons. The van der Waals surface area contributed by atoms with Gasteiger partial charge in [0, 0.05) is 0 Å². The van der Waals surface area contributed by atoms with Crippen LogP contribution in [0, 0.1) is 0 Å². The van der Waals surface area contributed by atoms with Crippen LogP contribution in [-0.2, 0) is 4.79 Å². The molecule has 0 amide bonds. The summed E-state index contributed by atoms with van der Waals surface area (Å²) in [6.45, 7) is 8.25. The third-order valence-electron chi connectivity index (χ3n) is 3.49. The lowest BCUT2D eigenvalue weighted by Crippen LogP contribution is -2.58. The highest BCUT2D eigenvalue weighted by Gasteiger charge is 2.28. The lowest BCUT2D eigenvalue weighted by atomic mass is 10.1. The minimum Gasteiger partial charge on any atom is -0.544 e. The first-order valence-corrected chi connectivity index (χ1v) is 7.87. The molecule has 20 heavy (non-hydrogen) atoms. The SMILES string of the molecule is CCC/C=C/CC(O)C[N+](CCC)(CCC)CC(=O)[O-]. The third-order valence-corrected chi connectivity index (χ3v) is 3.49. The lowest BCUT2D eigenvalue weighted by molar-refractivity contribution is -0.925. The molecule has 0 fully saturated rings. The summed E-state index contributed by atoms with van der Waals surface area (Å²) in [5.74, 6) is -1.03. The molecule has 1 unspecified atom stereocenters. The molecule has 0 aliphatic rings. The van der Waals surface area contributed by atoms with Gasteiger partial charge in [-0.3, -0.25) is 0 Å². The highest BCUT2D eigenvalue weighted by molar-refractivity contribution is 5.65. The quantitative estimate of drug-likeness (QED) is 0.436. The largest absolute Gasteiger partial charge is 0.544 e. The fraction of sp³-hybridized carbons (Fsp3) is 0.812. The summed E-state index contributed by atoms with van der Waals surface area (Å²) < 4.78 is 0.429. The highest BCUT2D eigenvalue weighted by atomic mass is 16.4. The summed E-state index contributed by atoms with van der Waals surface area (Å²) in [4.78, 5) is 11.0. The molecule has 0 radical (unpaired) electrons. The van der Waals surface area contributed by atoms with Crippen molar-refractivity contribution in [3.8, 4) is 0 Å². The van der Waals surface area contributed by atoms with Crippen molar-refractivity contribution in [1.29, 1.82) is 0 Å². The van der Waals surface area contributed by atoms with Crippen LogP contribution in [0.15, 0.2) is 12.2 Å². The van der Waals surface area contributed by atoms with E-state index in [0.29, 0.717) is 17.4 Å². The maximum absolute atomic E-state index is 11.0. The molecule has 0 aliphatic carbocycles. The van der Waals surface area contributed by atoms with Gasteiger partial charge in [-0.15, -0.1) is 0 Å². The summed E-state index contributed by atoms with van der Waals surface area (Å²) in [7, 11) is 0. The van der Waals surface area contributed by atoms with E-state index in [0.717, 1.165) is 38.8 Å². The topological polar surface area (TPSA) is 60.4 Å². The Hall–Kier alpha value is -0.870. The summed E-state index contributed by atoms with van der Waals surface area (Å²) >= 11 is 0. The number of aliphatic hydroxyl groups is 1. The van der Waals surface area contributed by atoms with Gasteiger partial charge in [-0.2, -0.15) is 0 Å². The van der Waals surface area contributed by atoms with Crippen molar-refractivity contribution >= 4 is 5.97 Å². The highest BCUT2D eigenvalue weighted by Crippen LogP contribution is 2.13. The van der Waals surface area contributed by atoms with E-state index in [1.54, 1.807) is 0 Å². The van der Waals surface area contributed by atoms with Crippen molar-refractivity contribution in [2.24, 2.45) is 0 Å². The number of hydrogen-bond donors (Lipinski definition) is 1. The second-order valence-electron chi connectivity index (χ2n) is 5.65. The van der Waals surface area contributed by atoms with Crippen molar-refractivity contribution in [3.63, 3.8) is 0 Å². The molecule has 0 aromatic carbocycles. The Morgan fingerprint density at radius 1 is 1.15 bits per heavy atom. The van der Waals surface area contributed by atoms with Crippen LogP contribution < -0.4 is 5.11 Å². The Bertz CT molecular complexity index is 283. The Labute approximate surface area is 123 Å². The average Bonchev–Trinajstić information content (AvgIpc) is 2.34. The van der Waals surface area contributed by atoms with Crippen molar-refractivity contribution < 1.29 is 19.5 Å². The standard InChI is InChI=1S/C16H31NO3/c1-4-7-8-9-10-15(18)13-17(11-5-2,12-6-3)14-16(19)20/h8-9,15,18H,4-7,10-14H2,1-3H3/b9-8+. The van der Waals surface area contributed by atoms with Crippen molar-refractivity contribution in [2.45, 2.75) is 59.0 Å². The van der Waals surface area contributed by atoms with Crippen LogP contribution in [-0.4, -0.2) is 47.8 Å². The molecule has 0 saturated heterocycles. The van der Waals surface area contributed by atoms with Crippen molar-refractivity contribution in [2.75, 3.05) is 26.2 Å². The Balaban J connectivity index is 4.62. The maximum atomic E-state index is 11.0. The van der Waals surface area contributed by atoms with E-state index in [-0.39, 0.29) is 6.54 Å². The minimum absolute atomic E-state index is 0.00257. The van der Waals surface area contributed by atoms with Gasteiger partial charge in [0.25, 0.3) is 0 Å². The number of carbonyl (C=O) groups excluding carboxylic acids is 1. The Morgan fingerprint density at radius 2 is 1.75 bits per heavy atom. The molecular formula is C16H31NO3. The fourth-order valence-electron chi connectivity index (χ4n) is 2.80. The van der Waals surface area contributed by atoms with E-state index < -0.39 is 12.1 Å². The minimum atomic E-state index is -1.03. The third kappa shape index (κ3) is 8.33. The van der Waals surface area contributed by atoms with Gasteiger partial charge < -0.3 is 19.5 Å². The molecule has 0 heterocycles. The maximum Gasteiger partial charge on any atom is 0.119 e. The van der Waals surface area contributed by atoms with Gasteiger partial charge >= 0.3 is 0 Å². The van der Waals surface area contributed by atoms with Crippen LogP contribution in [0.4, 0.5) is 0 Å². The fourth-order valence-corrected chi connectivity index (χ4v) is 2.80. The molecule has 0 aliphatic heterocycles. The molecule has 1 atom stereocenters. The average molecular weight is 285 g/mol. The summed E-state index contributed by atoms with van der Waals surface area (Å²) in [6, 6.07) is 0. The second-order valence-corrected chi connectivity index (χ2v) is 5.65. The van der Waals surface area contributed by atoms with E-state index in [1.807, 2.05) is 19.9 Å². The summed E-state index contributed by atoms with van der Waals surface area (Å²) in [6.07, 6.45) is 8.13. The van der Waals surface area contributed by atoms with Gasteiger partial charge in [-0.05, 0) is 25.7 Å². The number of unbranched alkanes of at least 4 members (excludes halogenated alkanes) is 1. The second kappa shape index (κ2) is 10.9. The molecule has 0 aromatic rings. The Morgan fingerprint density at radius 3 is 2.20 bits per heavy atom. The van der Waals surface area contributed by atoms with Crippen LogP contribution in [0.3, 0.4) is 0 Å². The number of nitrogens with zero attached hydrogens (tertiary/aromatic N) is 1. The number of aliphatic hydroxyl groups excluding tert-OH is 1. The van der Waals surface area contributed by atoms with E-state index in [1.165, 1.54) is 0 Å². The van der Waals surface area contributed by atoms with Gasteiger partial charge in [0.1, 0.15) is 19.2 Å². The number of quaternary nitrogens is 1. The van der Waals surface area contributed by atoms with Gasteiger partial charge in [0.05, 0.1) is 19.1 Å². The zero-order valence-electron chi connectivity index (χ0n) is 13.3. The van der Waals surface area contributed by atoms with Crippen LogP contribution >= 0.6 is 0 Å². The normalized spacial score (nSPS) is 13.8. The van der Waals surface area contributed by atoms with Gasteiger partial charge in [0.15, 0.2) is 0 Å². The van der Waals surface area contributed by atoms with Crippen molar-refractivity contribution in [3.05, 3.63) is 12.2 Å². The number of rotatable bonds is 12. The van der Waals surface area contributed by atoms with Crippen LogP contribution in [0.25, 0.3) is 0 Å². The molecule has 0 bridgehead atoms. The number of carboxylic acid groups (broad SMARTS) is 1. The van der Waals surface area contributed by atoms with E-state index >= 15 is 0 Å². The molecule has 4 heteroatoms. The number of allylic oxidation sites excluding steroid dienone is 1. The predicted molar refractivity (Wildman–Crippen MR) is 80.0 cm³/mol. The van der Waals surface area contributed by atoms with Crippen LogP contribution in [0.2, 0.25) is 0 Å². The first-order chi connectivity index (χ1) is 9.49. The molecule has 0 spiro atoms. The molecular weight excluding hydrogens is 254 g/mol. The van der Waals surface area contributed by atoms with Gasteiger partial charge in [-0.1, -0.05) is 39.3 Å². The van der Waals surface area contributed by atoms with Gasteiger partial charge in [-0.25, -0.2) is 0 Å². The molecule has 4 nitrogen and oxygen atoms in total. The zero-order valence-corrected chi connectivity index (χ0v) is 13.3. The molecule has 0 aromatic heterocycles. The predicted octanol–water partition coefficient (Wildman–Crippen LogP) is 1.48. The van der Waals surface area contributed by atoms with Crippen LogP contribution in [0.5, 0.6) is 0 Å². The molecule has 1 N–H and O–H groups in total. The number of carboxylic acids is 1. The summed E-state index contributed by atoms with van der Waals surface area (Å²) in [5.41, 5.74) is 0. The van der Waals surface area contributed by atoms with E-state index in [9.17, 15) is 15.0 Å². The smallest absolute Gasteiger partial charge is 0.119 e. The van der Waals surface area contributed by atoms with Gasteiger partial charge in [0.2, 0.25) is 0 Å². The molecule has 0 saturated carbocycles. The number of carbonyl (C=O) groups is 1. The monoisotopic (exact) mass is 285 g/mol. The summed E-state index contributed by atoms with van der Waals surface area (Å²) in [5, 5.41) is 21.2. The molecule has 0 rings (SSSR count). The first kappa shape index (κ1) is 19.1. The number of hydrogen-bond acceptors (Lipinski definition) is 3. The lowest BCUT2D eigenvalue weighted by Gasteiger charge is -2.40. The first-order valence-electron chi connectivity index (χ1n) is 7.87. The van der Waals surface area contributed by atoms with Crippen molar-refractivity contribution in [1.82, 2.24) is 0 Å².